The third-order valence-electron chi connectivity index (χ3n) is 5.19. The summed E-state index contributed by atoms with van der Waals surface area (Å²) in [6.45, 7) is 0. The first kappa shape index (κ1) is 26.1. The highest BCUT2D eigenvalue weighted by atomic mass is 35.5. The summed E-state index contributed by atoms with van der Waals surface area (Å²) in [4.78, 5) is 0.872. The van der Waals surface area contributed by atoms with E-state index in [4.69, 9.17) is 38.8 Å². The second-order valence-corrected chi connectivity index (χ2v) is 11.3. The number of rotatable bonds is 6. The number of thioether (sulfide) groups is 1. The molecule has 0 fully saturated rings. The second-order valence-electron chi connectivity index (χ2n) is 7.63. The summed E-state index contributed by atoms with van der Waals surface area (Å²) in [5.41, 5.74) is 3.70. The van der Waals surface area contributed by atoms with E-state index in [1.165, 1.54) is 30.9 Å². The molecule has 0 saturated heterocycles. The van der Waals surface area contributed by atoms with Crippen LogP contribution in [0.4, 0.5) is 0 Å². The number of nitrogens with two attached hydrogens (primary N) is 1. The van der Waals surface area contributed by atoms with Gasteiger partial charge in [0.15, 0.2) is 4.32 Å². The van der Waals surface area contributed by atoms with Crippen LogP contribution in [0, 0.1) is 0 Å². The maximum absolute atomic E-state index is 11.7. The Balaban J connectivity index is 1.78. The molecular formula is C24H21ClN4O4S3. The summed E-state index contributed by atoms with van der Waals surface area (Å²) in [5.74, 6) is 0.545. The predicted molar refractivity (Wildman–Crippen MR) is 145 cm³/mol. The van der Waals surface area contributed by atoms with Gasteiger partial charge in [-0.1, -0.05) is 47.7 Å². The molecule has 0 atom stereocenters. The number of hydrogen-bond acceptors (Lipinski definition) is 7. The highest BCUT2D eigenvalue weighted by molar-refractivity contribution is 8.22. The molecule has 186 valence electrons. The van der Waals surface area contributed by atoms with Crippen LogP contribution in [0.3, 0.4) is 0 Å². The number of aromatic nitrogens is 2. The van der Waals surface area contributed by atoms with E-state index in [-0.39, 0.29) is 4.90 Å². The van der Waals surface area contributed by atoms with Crippen molar-refractivity contribution >= 4 is 49.9 Å². The zero-order valence-electron chi connectivity index (χ0n) is 19.1. The normalized spacial score (nSPS) is 11.4. The Labute approximate surface area is 223 Å². The number of primary sulfonamides is 1. The molecule has 0 saturated carbocycles. The van der Waals surface area contributed by atoms with E-state index in [0.717, 1.165) is 26.8 Å². The molecule has 4 rings (SSSR count). The van der Waals surface area contributed by atoms with Crippen LogP contribution in [0.1, 0.15) is 0 Å². The molecular weight excluding hydrogens is 540 g/mol. The molecule has 0 spiro atoms. The van der Waals surface area contributed by atoms with E-state index in [0.29, 0.717) is 26.5 Å². The molecule has 12 heteroatoms. The van der Waals surface area contributed by atoms with Crippen LogP contribution in [0.2, 0.25) is 5.02 Å². The minimum Gasteiger partial charge on any atom is -0.495 e. The Kier molecular flexibility index (Phi) is 7.69. The van der Waals surface area contributed by atoms with Gasteiger partial charge >= 0.3 is 0 Å². The van der Waals surface area contributed by atoms with E-state index >= 15 is 0 Å². The van der Waals surface area contributed by atoms with Crippen molar-refractivity contribution < 1.29 is 18.4 Å². The molecule has 0 aliphatic rings. The third kappa shape index (κ3) is 5.72. The second kappa shape index (κ2) is 10.6. The third-order valence-corrected chi connectivity index (χ3v) is 7.87. The number of benzene rings is 3. The molecule has 1 heterocycles. The van der Waals surface area contributed by atoms with Gasteiger partial charge < -0.3 is 4.74 Å². The van der Waals surface area contributed by atoms with Crippen molar-refractivity contribution in [2.24, 2.45) is 5.14 Å². The van der Waals surface area contributed by atoms with Crippen LogP contribution in [-0.2, 0) is 10.0 Å². The monoisotopic (exact) mass is 560 g/mol. The Hall–Kier alpha value is -2.93. The lowest BCUT2D eigenvalue weighted by atomic mass is 10.1. The van der Waals surface area contributed by atoms with Crippen LogP contribution in [-0.4, -0.2) is 46.9 Å². The van der Waals surface area contributed by atoms with E-state index in [2.05, 4.69) is 0 Å². The van der Waals surface area contributed by atoms with E-state index in [9.17, 15) is 13.6 Å². The number of hydrogen-bond donors (Lipinski definition) is 2. The van der Waals surface area contributed by atoms with Gasteiger partial charge in [-0.05, 0) is 60.7 Å². The van der Waals surface area contributed by atoms with Gasteiger partial charge in [-0.2, -0.15) is 5.10 Å². The molecule has 0 radical (unpaired) electrons. The number of methoxy groups -OCH3 is 1. The smallest absolute Gasteiger partial charge is 0.238 e. The number of hydroxylamine groups is 2. The van der Waals surface area contributed by atoms with Crippen molar-refractivity contribution in [2.75, 3.05) is 14.2 Å². The van der Waals surface area contributed by atoms with E-state index < -0.39 is 10.0 Å². The fourth-order valence-corrected chi connectivity index (χ4v) is 5.06. The minimum atomic E-state index is -3.82. The van der Waals surface area contributed by atoms with Crippen molar-refractivity contribution in [2.45, 2.75) is 9.79 Å². The van der Waals surface area contributed by atoms with Crippen molar-refractivity contribution in [1.82, 2.24) is 14.8 Å². The van der Waals surface area contributed by atoms with Crippen LogP contribution < -0.4 is 9.88 Å². The molecule has 8 nitrogen and oxygen atoms in total. The van der Waals surface area contributed by atoms with Crippen molar-refractivity contribution in [3.8, 4) is 34.0 Å². The van der Waals surface area contributed by atoms with Crippen LogP contribution in [0.5, 0.6) is 5.75 Å². The Morgan fingerprint density at radius 1 is 1.08 bits per heavy atom. The summed E-state index contributed by atoms with van der Waals surface area (Å²) in [5, 5.41) is 20.9. The number of sulfonamides is 1. The lowest BCUT2D eigenvalue weighted by Crippen LogP contribution is -2.16. The molecule has 0 aliphatic carbocycles. The highest BCUT2D eigenvalue weighted by Crippen LogP contribution is 2.34. The minimum absolute atomic E-state index is 0.00667. The Morgan fingerprint density at radius 3 is 2.28 bits per heavy atom. The number of ether oxygens (including phenoxy) is 1. The Bertz CT molecular complexity index is 1520. The summed E-state index contributed by atoms with van der Waals surface area (Å²) >= 11 is 12.8. The summed E-state index contributed by atoms with van der Waals surface area (Å²) in [6.07, 6.45) is 0. The molecule has 0 unspecified atom stereocenters. The molecule has 36 heavy (non-hydrogen) atoms. The lowest BCUT2D eigenvalue weighted by Gasteiger charge is -2.10. The maximum Gasteiger partial charge on any atom is 0.238 e. The van der Waals surface area contributed by atoms with E-state index in [1.807, 2.05) is 36.4 Å². The largest absolute Gasteiger partial charge is 0.495 e. The summed E-state index contributed by atoms with van der Waals surface area (Å²) < 4.78 is 30.7. The van der Waals surface area contributed by atoms with E-state index in [1.54, 1.807) is 36.1 Å². The predicted octanol–water partition coefficient (Wildman–Crippen LogP) is 5.21. The average molecular weight is 561 g/mol. The van der Waals surface area contributed by atoms with Crippen LogP contribution in [0.25, 0.3) is 28.2 Å². The number of thiocarbonyl (C=S) groups is 1. The average Bonchev–Trinajstić information content (AvgIpc) is 3.29. The molecule has 0 amide bonds. The van der Waals surface area contributed by atoms with Gasteiger partial charge in [0.05, 0.1) is 34.1 Å². The molecule has 3 aromatic carbocycles. The number of nitrogens with zero attached hydrogens (tertiary/aromatic N) is 3. The SMILES string of the molecule is COc1ccc(-c2cc(-c3ccc(SC(=S)N(C)O)cc3)nn2-c2ccc(S(N)(=O)=O)cc2)cc1Cl. The van der Waals surface area contributed by atoms with Gasteiger partial charge in [0.2, 0.25) is 10.0 Å². The van der Waals surface area contributed by atoms with Gasteiger partial charge in [0.1, 0.15) is 5.75 Å². The van der Waals surface area contributed by atoms with Crippen molar-refractivity contribution in [3.05, 3.63) is 77.8 Å². The van der Waals surface area contributed by atoms with Crippen LogP contribution in [0.15, 0.2) is 82.6 Å². The van der Waals surface area contributed by atoms with Gasteiger partial charge in [0.25, 0.3) is 0 Å². The van der Waals surface area contributed by atoms with Crippen LogP contribution >= 0.6 is 35.6 Å². The molecule has 0 aliphatic heterocycles. The molecule has 4 aromatic rings. The first-order chi connectivity index (χ1) is 17.1. The topological polar surface area (TPSA) is 111 Å². The zero-order valence-corrected chi connectivity index (χ0v) is 22.3. The zero-order chi connectivity index (χ0) is 26.0. The van der Waals surface area contributed by atoms with Crippen molar-refractivity contribution in [3.63, 3.8) is 0 Å². The van der Waals surface area contributed by atoms with Crippen molar-refractivity contribution in [1.29, 1.82) is 0 Å². The molecule has 3 N–H and O–H groups in total. The summed E-state index contributed by atoms with van der Waals surface area (Å²) in [6, 6.07) is 21.1. The summed E-state index contributed by atoms with van der Waals surface area (Å²) in [7, 11) is -0.808. The lowest BCUT2D eigenvalue weighted by molar-refractivity contribution is 0.0205. The Morgan fingerprint density at radius 2 is 1.72 bits per heavy atom. The quantitative estimate of drug-likeness (QED) is 0.188. The fourth-order valence-electron chi connectivity index (χ4n) is 3.39. The van der Waals surface area contributed by atoms with Gasteiger partial charge in [-0.3, -0.25) is 5.21 Å². The highest BCUT2D eigenvalue weighted by Gasteiger charge is 2.16. The van der Waals surface area contributed by atoms with Gasteiger partial charge in [0, 0.05) is 23.1 Å². The molecule has 0 bridgehead atoms. The maximum atomic E-state index is 11.7. The fraction of sp³-hybridized carbons (Fsp3) is 0.0833. The van der Waals surface area contributed by atoms with Gasteiger partial charge in [-0.15, -0.1) is 0 Å². The number of halogens is 1. The first-order valence-electron chi connectivity index (χ1n) is 10.4. The standard InChI is InChI=1S/C24H21ClN4O4S3/c1-28(30)24(34)35-18-8-3-15(4-9-18)21-14-22(16-5-12-23(33-2)20(25)13-16)29(27-21)17-6-10-19(11-7-17)36(26,31)32/h3-14,30H,1-2H3,(H2,26,31,32). The van der Waals surface area contributed by atoms with Gasteiger partial charge in [-0.25, -0.2) is 23.3 Å². The molecule has 1 aromatic heterocycles. The first-order valence-corrected chi connectivity index (χ1v) is 13.5.